The minimum atomic E-state index is -0.740. The Morgan fingerprint density at radius 3 is 0.750 bits per heavy atom. The van der Waals surface area contributed by atoms with Crippen LogP contribution in [0.1, 0.15) is 148 Å². The van der Waals surface area contributed by atoms with Crippen LogP contribution in [-0.4, -0.2) is 33.2 Å². The van der Waals surface area contributed by atoms with Crippen molar-refractivity contribution in [2.75, 3.05) is 0 Å². The second-order valence-electron chi connectivity index (χ2n) is 8.80. The molecule has 0 rings (SSSR count). The highest BCUT2D eigenvalue weighted by Crippen LogP contribution is 2.13. The van der Waals surface area contributed by atoms with E-state index in [4.69, 9.17) is 15.3 Å². The Balaban J connectivity index is 0. The zero-order valence-electron chi connectivity index (χ0n) is 20.6. The predicted octanol–water partition coefficient (Wildman–Crippen LogP) is 7.83. The van der Waals surface area contributed by atoms with Crippen LogP contribution in [0.25, 0.3) is 0 Å². The lowest BCUT2D eigenvalue weighted by molar-refractivity contribution is -0.138. The molecule has 190 valence electrons. The fourth-order valence-corrected chi connectivity index (χ4v) is 3.55. The van der Waals surface area contributed by atoms with Gasteiger partial charge in [-0.15, -0.1) is 0 Å². The molecule has 6 nitrogen and oxygen atoms in total. The van der Waals surface area contributed by atoms with E-state index >= 15 is 0 Å². The Morgan fingerprint density at radius 1 is 0.375 bits per heavy atom. The number of aliphatic carboxylic acids is 3. The molecule has 3 N–H and O–H groups in total. The van der Waals surface area contributed by atoms with Crippen LogP contribution in [0, 0.1) is 0 Å². The number of carbonyl (C=O) groups is 3. The van der Waals surface area contributed by atoms with E-state index in [9.17, 15) is 14.4 Å². The maximum absolute atomic E-state index is 10.3. The van der Waals surface area contributed by atoms with Crippen LogP contribution in [0.2, 0.25) is 0 Å². The van der Waals surface area contributed by atoms with Gasteiger partial charge in [0.1, 0.15) is 0 Å². The van der Waals surface area contributed by atoms with Gasteiger partial charge < -0.3 is 15.3 Å². The quantitative estimate of drug-likeness (QED) is 0.134. The molecule has 0 aliphatic carbocycles. The van der Waals surface area contributed by atoms with E-state index < -0.39 is 17.9 Å². The molecule has 32 heavy (non-hydrogen) atoms. The fraction of sp³-hybridized carbons (Fsp3) is 0.885. The van der Waals surface area contributed by atoms with Gasteiger partial charge in [-0.25, -0.2) is 0 Å². The summed E-state index contributed by atoms with van der Waals surface area (Å²) < 4.78 is 0. The number of carboxylic acids is 3. The van der Waals surface area contributed by atoms with Crippen molar-refractivity contribution in [3.8, 4) is 0 Å². The standard InChI is InChI=1S/C16H32O2.C10H18O4/c1-2-3-4-5-6-7-8-9-10-11-12-13-14-15-16(17)18;11-9(12)7-5-3-1-2-4-6-8-10(13)14/h2-15H2,1H3,(H,17,18);1-8H2,(H,11,12)(H,13,14). The van der Waals surface area contributed by atoms with Gasteiger partial charge in [0.05, 0.1) is 0 Å². The van der Waals surface area contributed by atoms with Gasteiger partial charge in [-0.2, -0.15) is 0 Å². The second-order valence-corrected chi connectivity index (χ2v) is 8.80. The number of rotatable bonds is 23. The lowest BCUT2D eigenvalue weighted by Gasteiger charge is -2.02. The van der Waals surface area contributed by atoms with Gasteiger partial charge in [-0.1, -0.05) is 110 Å². The third kappa shape index (κ3) is 35.8. The minimum Gasteiger partial charge on any atom is -0.481 e. The summed E-state index contributed by atoms with van der Waals surface area (Å²) in [6.45, 7) is 2.26. The van der Waals surface area contributed by atoms with E-state index in [1.165, 1.54) is 70.6 Å². The Hall–Kier alpha value is -1.59. The highest BCUT2D eigenvalue weighted by atomic mass is 16.4. The van der Waals surface area contributed by atoms with Crippen molar-refractivity contribution in [2.24, 2.45) is 0 Å². The van der Waals surface area contributed by atoms with Crippen LogP contribution in [0.15, 0.2) is 0 Å². The van der Waals surface area contributed by atoms with Crippen molar-refractivity contribution in [3.05, 3.63) is 0 Å². The summed E-state index contributed by atoms with van der Waals surface area (Å²) in [6.07, 6.45) is 23.1. The number of hydrogen-bond acceptors (Lipinski definition) is 3. The smallest absolute Gasteiger partial charge is 0.303 e. The molecule has 0 radical (unpaired) electrons. The van der Waals surface area contributed by atoms with Crippen molar-refractivity contribution < 1.29 is 29.7 Å². The summed E-state index contributed by atoms with van der Waals surface area (Å²) in [5.41, 5.74) is 0. The first-order chi connectivity index (χ1) is 15.4. The van der Waals surface area contributed by atoms with Gasteiger partial charge in [0.15, 0.2) is 0 Å². The Morgan fingerprint density at radius 2 is 0.562 bits per heavy atom. The molecule has 0 aliphatic heterocycles. The first-order valence-corrected chi connectivity index (χ1v) is 13.1. The summed E-state index contributed by atoms with van der Waals surface area (Å²) in [7, 11) is 0. The van der Waals surface area contributed by atoms with Gasteiger partial charge in [0, 0.05) is 19.3 Å². The third-order valence-corrected chi connectivity index (χ3v) is 5.53. The third-order valence-electron chi connectivity index (χ3n) is 5.53. The molecule has 0 bridgehead atoms. The van der Waals surface area contributed by atoms with Crippen molar-refractivity contribution in [2.45, 2.75) is 148 Å². The molecule has 0 unspecified atom stereocenters. The molecule has 0 saturated heterocycles. The maximum Gasteiger partial charge on any atom is 0.303 e. The van der Waals surface area contributed by atoms with E-state index in [1.807, 2.05) is 0 Å². The van der Waals surface area contributed by atoms with Gasteiger partial charge in [0.25, 0.3) is 0 Å². The van der Waals surface area contributed by atoms with Crippen LogP contribution < -0.4 is 0 Å². The number of carboxylic acid groups (broad SMARTS) is 3. The molecule has 0 fully saturated rings. The van der Waals surface area contributed by atoms with Crippen LogP contribution in [0.3, 0.4) is 0 Å². The van der Waals surface area contributed by atoms with Crippen LogP contribution >= 0.6 is 0 Å². The SMILES string of the molecule is CCCCCCCCCCCCCCCC(=O)O.O=C(O)CCCCCCCCC(=O)O. The van der Waals surface area contributed by atoms with Crippen molar-refractivity contribution in [3.63, 3.8) is 0 Å². The molecule has 0 aromatic rings. The molecular formula is C26H50O6. The second kappa shape index (κ2) is 27.4. The van der Waals surface area contributed by atoms with E-state index in [0.717, 1.165) is 51.4 Å². The zero-order chi connectivity index (χ0) is 24.3. The van der Waals surface area contributed by atoms with Crippen LogP contribution in [-0.2, 0) is 14.4 Å². The molecule has 0 amide bonds. The first kappa shape index (κ1) is 32.6. The lowest BCUT2D eigenvalue weighted by Crippen LogP contribution is -1.94. The Kier molecular flexibility index (Phi) is 27.9. The van der Waals surface area contributed by atoms with E-state index in [0.29, 0.717) is 6.42 Å². The fourth-order valence-electron chi connectivity index (χ4n) is 3.55. The van der Waals surface area contributed by atoms with E-state index in [1.54, 1.807) is 0 Å². The molecule has 0 saturated carbocycles. The Bertz CT molecular complexity index is 416. The maximum atomic E-state index is 10.3. The van der Waals surface area contributed by atoms with Gasteiger partial charge in [-0.05, 0) is 19.3 Å². The normalized spacial score (nSPS) is 10.4. The average Bonchev–Trinajstić information content (AvgIpc) is 2.73. The van der Waals surface area contributed by atoms with Gasteiger partial charge in [-0.3, -0.25) is 14.4 Å². The van der Waals surface area contributed by atoms with Gasteiger partial charge in [0.2, 0.25) is 0 Å². The number of unbranched alkanes of at least 4 members (excludes halogenated alkanes) is 17. The van der Waals surface area contributed by atoms with Crippen molar-refractivity contribution in [1.29, 1.82) is 0 Å². The topological polar surface area (TPSA) is 112 Å². The first-order valence-electron chi connectivity index (χ1n) is 13.1. The van der Waals surface area contributed by atoms with Crippen molar-refractivity contribution >= 4 is 17.9 Å². The van der Waals surface area contributed by atoms with E-state index in [-0.39, 0.29) is 12.8 Å². The zero-order valence-corrected chi connectivity index (χ0v) is 20.6. The largest absolute Gasteiger partial charge is 0.481 e. The molecular weight excluding hydrogens is 408 g/mol. The summed E-state index contributed by atoms with van der Waals surface area (Å²) >= 11 is 0. The summed E-state index contributed by atoms with van der Waals surface area (Å²) in [5, 5.41) is 25.2. The summed E-state index contributed by atoms with van der Waals surface area (Å²) in [5.74, 6) is -2.13. The molecule has 0 aromatic heterocycles. The van der Waals surface area contributed by atoms with E-state index in [2.05, 4.69) is 6.92 Å². The molecule has 6 heteroatoms. The van der Waals surface area contributed by atoms with Gasteiger partial charge >= 0.3 is 17.9 Å². The molecule has 0 spiro atoms. The molecule has 0 atom stereocenters. The van der Waals surface area contributed by atoms with Crippen molar-refractivity contribution in [1.82, 2.24) is 0 Å². The lowest BCUT2D eigenvalue weighted by atomic mass is 10.0. The summed E-state index contributed by atoms with van der Waals surface area (Å²) in [6, 6.07) is 0. The highest BCUT2D eigenvalue weighted by molar-refractivity contribution is 5.67. The average molecular weight is 459 g/mol. The minimum absolute atomic E-state index is 0.245. The Labute approximate surface area is 196 Å². The van der Waals surface area contributed by atoms with Crippen LogP contribution in [0.5, 0.6) is 0 Å². The molecule has 0 aromatic carbocycles. The summed E-state index contributed by atoms with van der Waals surface area (Å²) in [4.78, 5) is 30.6. The number of hydrogen-bond donors (Lipinski definition) is 3. The molecule has 0 heterocycles. The monoisotopic (exact) mass is 458 g/mol. The molecule has 0 aliphatic rings. The predicted molar refractivity (Wildman–Crippen MR) is 130 cm³/mol. The van der Waals surface area contributed by atoms with Crippen LogP contribution in [0.4, 0.5) is 0 Å². The highest BCUT2D eigenvalue weighted by Gasteiger charge is 1.99.